The van der Waals surface area contributed by atoms with Crippen molar-refractivity contribution in [2.75, 3.05) is 13.2 Å². The molecule has 0 aliphatic heterocycles. The lowest BCUT2D eigenvalue weighted by Crippen LogP contribution is -2.43. The van der Waals surface area contributed by atoms with Crippen LogP contribution in [-0.2, 0) is 13.6 Å². The zero-order chi connectivity index (χ0) is 17.5. The van der Waals surface area contributed by atoms with Gasteiger partial charge < -0.3 is 14.2 Å². The van der Waals surface area contributed by atoms with Crippen LogP contribution in [0, 0.1) is 0 Å². The smallest absolute Gasteiger partial charge is 0.340 e. The largest absolute Gasteiger partial charge is 0.389 e. The third-order valence-electron chi connectivity index (χ3n) is 4.50. The standard InChI is InChI=1S/C19H29O4P/c1-3-22-24(21,23-4-2)18(19(20)15-9-6-10-16-19)14-13-17-11-7-5-8-12-17/h5,7-8,11-14,18,20H,3-4,6,9-10,15-16H2,1-2H3/b14-13+/t18-/m0/s1. The molecule has 1 atom stereocenters. The van der Waals surface area contributed by atoms with Crippen LogP contribution in [0.3, 0.4) is 0 Å². The monoisotopic (exact) mass is 352 g/mol. The SMILES string of the molecule is CCOP(=O)(OCC)[C@@H](/C=C/c1ccccc1)C1(O)CCCCC1. The summed E-state index contributed by atoms with van der Waals surface area (Å²) in [5.41, 5.74) is -0.685. The highest BCUT2D eigenvalue weighted by Gasteiger charge is 2.48. The van der Waals surface area contributed by atoms with Gasteiger partial charge in [0.05, 0.1) is 18.8 Å². The van der Waals surface area contributed by atoms with Gasteiger partial charge in [0.2, 0.25) is 0 Å². The van der Waals surface area contributed by atoms with E-state index in [1.807, 2.05) is 42.5 Å². The van der Waals surface area contributed by atoms with Crippen molar-refractivity contribution in [1.29, 1.82) is 0 Å². The highest BCUT2D eigenvalue weighted by molar-refractivity contribution is 7.55. The van der Waals surface area contributed by atoms with E-state index >= 15 is 0 Å². The van der Waals surface area contributed by atoms with E-state index in [0.717, 1.165) is 24.8 Å². The molecule has 0 saturated heterocycles. The van der Waals surface area contributed by atoms with Crippen LogP contribution < -0.4 is 0 Å². The second-order valence-corrected chi connectivity index (χ2v) is 8.41. The number of benzene rings is 1. The van der Waals surface area contributed by atoms with Crippen molar-refractivity contribution in [1.82, 2.24) is 0 Å². The Morgan fingerprint density at radius 1 is 1.12 bits per heavy atom. The number of aliphatic hydroxyl groups is 1. The molecule has 5 heteroatoms. The predicted molar refractivity (Wildman–Crippen MR) is 98.2 cm³/mol. The Morgan fingerprint density at radius 3 is 2.25 bits per heavy atom. The molecule has 0 heterocycles. The summed E-state index contributed by atoms with van der Waals surface area (Å²) in [6.45, 7) is 4.19. The first-order valence-electron chi connectivity index (χ1n) is 8.88. The molecule has 0 bridgehead atoms. The minimum Gasteiger partial charge on any atom is -0.389 e. The summed E-state index contributed by atoms with van der Waals surface area (Å²) in [6.07, 6.45) is 7.95. The van der Waals surface area contributed by atoms with Crippen LogP contribution >= 0.6 is 7.60 Å². The lowest BCUT2D eigenvalue weighted by molar-refractivity contribution is 0.00199. The maximum atomic E-state index is 13.4. The summed E-state index contributed by atoms with van der Waals surface area (Å²) in [4.78, 5) is 0. The minimum absolute atomic E-state index is 0.295. The van der Waals surface area contributed by atoms with Gasteiger partial charge in [0.1, 0.15) is 5.66 Å². The Balaban J connectivity index is 2.36. The van der Waals surface area contributed by atoms with Crippen molar-refractivity contribution in [2.45, 2.75) is 57.2 Å². The molecule has 0 spiro atoms. The van der Waals surface area contributed by atoms with Gasteiger partial charge in [-0.05, 0) is 32.3 Å². The van der Waals surface area contributed by atoms with Gasteiger partial charge in [-0.1, -0.05) is 61.7 Å². The third kappa shape index (κ3) is 4.80. The molecule has 4 nitrogen and oxygen atoms in total. The highest BCUT2D eigenvalue weighted by atomic mass is 31.2. The molecule has 1 saturated carbocycles. The Labute approximate surface area is 145 Å². The second-order valence-electron chi connectivity index (χ2n) is 6.25. The zero-order valence-electron chi connectivity index (χ0n) is 14.7. The highest BCUT2D eigenvalue weighted by Crippen LogP contribution is 2.59. The van der Waals surface area contributed by atoms with Crippen LogP contribution in [0.2, 0.25) is 0 Å². The average Bonchev–Trinajstić information content (AvgIpc) is 2.57. The molecule has 24 heavy (non-hydrogen) atoms. The summed E-state index contributed by atoms with van der Waals surface area (Å²) in [7, 11) is -3.44. The lowest BCUT2D eigenvalue weighted by Gasteiger charge is -2.40. The van der Waals surface area contributed by atoms with E-state index in [9.17, 15) is 9.67 Å². The minimum atomic E-state index is -3.44. The van der Waals surface area contributed by atoms with Crippen LogP contribution in [0.25, 0.3) is 6.08 Å². The third-order valence-corrected chi connectivity index (χ3v) is 7.07. The normalized spacial score (nSPS) is 19.5. The summed E-state index contributed by atoms with van der Waals surface area (Å²) in [5, 5.41) is 11.2. The van der Waals surface area contributed by atoms with Crippen molar-refractivity contribution >= 4 is 13.7 Å². The molecular weight excluding hydrogens is 323 g/mol. The fourth-order valence-electron chi connectivity index (χ4n) is 3.36. The quantitative estimate of drug-likeness (QED) is 0.667. The molecule has 2 rings (SSSR count). The van der Waals surface area contributed by atoms with Crippen LogP contribution in [0.5, 0.6) is 0 Å². The maximum Gasteiger partial charge on any atom is 0.340 e. The van der Waals surface area contributed by atoms with Gasteiger partial charge in [-0.25, -0.2) is 0 Å². The zero-order valence-corrected chi connectivity index (χ0v) is 15.6. The summed E-state index contributed by atoms with van der Waals surface area (Å²) >= 11 is 0. The number of rotatable bonds is 8. The van der Waals surface area contributed by atoms with Crippen molar-refractivity contribution in [3.63, 3.8) is 0 Å². The first-order valence-corrected chi connectivity index (χ1v) is 10.5. The maximum absolute atomic E-state index is 13.4. The molecule has 1 aromatic carbocycles. The Kier molecular flexibility index (Phi) is 7.24. The molecule has 1 aliphatic rings. The van der Waals surface area contributed by atoms with E-state index in [2.05, 4.69) is 0 Å². The van der Waals surface area contributed by atoms with Gasteiger partial charge >= 0.3 is 7.60 Å². The Hall–Kier alpha value is -0.930. The molecular formula is C19H29O4P. The van der Waals surface area contributed by atoms with Crippen LogP contribution in [-0.4, -0.2) is 29.6 Å². The van der Waals surface area contributed by atoms with Crippen molar-refractivity contribution in [3.05, 3.63) is 42.0 Å². The van der Waals surface area contributed by atoms with Gasteiger partial charge in [0.25, 0.3) is 0 Å². The number of hydrogen-bond donors (Lipinski definition) is 1. The van der Waals surface area contributed by atoms with Gasteiger partial charge in [0.15, 0.2) is 0 Å². The van der Waals surface area contributed by atoms with Gasteiger partial charge in [0, 0.05) is 0 Å². The van der Waals surface area contributed by atoms with Gasteiger partial charge in [-0.3, -0.25) is 4.57 Å². The van der Waals surface area contributed by atoms with Crippen LogP contribution in [0.15, 0.2) is 36.4 Å². The van der Waals surface area contributed by atoms with Gasteiger partial charge in [-0.2, -0.15) is 0 Å². The fraction of sp³-hybridized carbons (Fsp3) is 0.579. The lowest BCUT2D eigenvalue weighted by atomic mass is 9.82. The van der Waals surface area contributed by atoms with E-state index in [-0.39, 0.29) is 0 Å². The van der Waals surface area contributed by atoms with Crippen LogP contribution in [0.1, 0.15) is 51.5 Å². The van der Waals surface area contributed by atoms with E-state index in [0.29, 0.717) is 26.1 Å². The molecule has 1 aliphatic carbocycles. The summed E-state index contributed by atoms with van der Waals surface area (Å²) < 4.78 is 24.5. The molecule has 0 radical (unpaired) electrons. The molecule has 1 fully saturated rings. The first-order chi connectivity index (χ1) is 11.5. The first kappa shape index (κ1) is 19.4. The Bertz CT molecular complexity index is 554. The molecule has 0 unspecified atom stereocenters. The average molecular weight is 352 g/mol. The molecule has 134 valence electrons. The summed E-state index contributed by atoms with van der Waals surface area (Å²) in [6, 6.07) is 9.81. The molecule has 1 N–H and O–H groups in total. The van der Waals surface area contributed by atoms with E-state index in [1.54, 1.807) is 13.8 Å². The summed E-state index contributed by atoms with van der Waals surface area (Å²) in [5.74, 6) is 0. The Morgan fingerprint density at radius 2 is 1.71 bits per heavy atom. The van der Waals surface area contributed by atoms with E-state index in [4.69, 9.17) is 9.05 Å². The topological polar surface area (TPSA) is 55.8 Å². The van der Waals surface area contributed by atoms with Crippen molar-refractivity contribution < 1.29 is 18.7 Å². The number of hydrogen-bond acceptors (Lipinski definition) is 4. The molecule has 0 amide bonds. The molecule has 0 aromatic heterocycles. The van der Waals surface area contributed by atoms with E-state index < -0.39 is 18.9 Å². The van der Waals surface area contributed by atoms with Crippen molar-refractivity contribution in [3.8, 4) is 0 Å². The predicted octanol–water partition coefficient (Wildman–Crippen LogP) is 5.03. The second kappa shape index (κ2) is 8.96. The van der Waals surface area contributed by atoms with E-state index in [1.165, 1.54) is 0 Å². The fourth-order valence-corrected chi connectivity index (χ4v) is 5.62. The van der Waals surface area contributed by atoms with Crippen molar-refractivity contribution in [2.24, 2.45) is 0 Å². The molecule has 1 aromatic rings. The van der Waals surface area contributed by atoms with Gasteiger partial charge in [-0.15, -0.1) is 0 Å². The van der Waals surface area contributed by atoms with Crippen LogP contribution in [0.4, 0.5) is 0 Å².